The van der Waals surface area contributed by atoms with Crippen LogP contribution >= 0.6 is 23.4 Å². The average molecular weight is 282 g/mol. The molecule has 0 aromatic carbocycles. The molecule has 0 aliphatic rings. The summed E-state index contributed by atoms with van der Waals surface area (Å²) in [5.41, 5.74) is 0.00521. The lowest BCUT2D eigenvalue weighted by molar-refractivity contribution is 0.664. The molecule has 6 heteroatoms. The number of hydrogen-bond acceptors (Lipinski definition) is 4. The lowest BCUT2D eigenvalue weighted by Gasteiger charge is -2.08. The van der Waals surface area contributed by atoms with Gasteiger partial charge in [0, 0.05) is 12.3 Å². The first kappa shape index (κ1) is 14.5. The largest absolute Gasteiger partial charge is 0.378 e. The van der Waals surface area contributed by atoms with E-state index in [-0.39, 0.29) is 17.1 Å². The van der Waals surface area contributed by atoms with Crippen molar-refractivity contribution in [1.29, 1.82) is 0 Å². The number of nitrogens with one attached hydrogen (secondary N) is 1. The zero-order valence-corrected chi connectivity index (χ0v) is 11.2. The highest BCUT2D eigenvalue weighted by molar-refractivity contribution is 7.99. The van der Waals surface area contributed by atoms with Gasteiger partial charge in [-0.3, -0.25) is 4.79 Å². The van der Waals surface area contributed by atoms with E-state index < -0.39 is 0 Å². The van der Waals surface area contributed by atoms with Crippen LogP contribution in [0.15, 0.2) is 11.0 Å². The molecule has 0 radical (unpaired) electrons. The molecule has 0 saturated carbocycles. The van der Waals surface area contributed by atoms with Crippen LogP contribution in [-0.4, -0.2) is 27.8 Å². The summed E-state index contributed by atoms with van der Waals surface area (Å²) in [5.74, 6) is 6.32. The first-order valence-electron chi connectivity index (χ1n) is 5.15. The summed E-state index contributed by atoms with van der Waals surface area (Å²) in [6.45, 7) is 0.720. The molecule has 1 heterocycles. The van der Waals surface area contributed by atoms with Crippen LogP contribution in [0, 0.1) is 24.7 Å². The smallest absolute Gasteiger partial charge is 0.292 e. The van der Waals surface area contributed by atoms with Crippen LogP contribution in [0.4, 0.5) is 5.69 Å². The quantitative estimate of drug-likeness (QED) is 0.631. The van der Waals surface area contributed by atoms with Crippen molar-refractivity contribution >= 4 is 29.1 Å². The zero-order valence-electron chi connectivity index (χ0n) is 9.65. The topological polar surface area (TPSA) is 46.9 Å². The van der Waals surface area contributed by atoms with Crippen molar-refractivity contribution in [2.45, 2.75) is 6.54 Å². The predicted molar refractivity (Wildman–Crippen MR) is 77.0 cm³/mol. The molecule has 0 spiro atoms. The molecule has 0 atom stereocenters. The van der Waals surface area contributed by atoms with Crippen LogP contribution in [0.1, 0.15) is 0 Å². The minimum absolute atomic E-state index is 0.122. The summed E-state index contributed by atoms with van der Waals surface area (Å²) in [6, 6.07) is 0. The van der Waals surface area contributed by atoms with E-state index in [1.54, 1.807) is 11.8 Å². The molecule has 1 aromatic heterocycles. The van der Waals surface area contributed by atoms with Crippen molar-refractivity contribution in [3.05, 3.63) is 21.6 Å². The van der Waals surface area contributed by atoms with Crippen LogP contribution < -0.4 is 10.9 Å². The first-order chi connectivity index (χ1) is 8.70. The third-order valence-corrected chi connectivity index (χ3v) is 3.12. The van der Waals surface area contributed by atoms with Crippen LogP contribution in [0.25, 0.3) is 0 Å². The van der Waals surface area contributed by atoms with Gasteiger partial charge >= 0.3 is 0 Å². The van der Waals surface area contributed by atoms with Gasteiger partial charge in [-0.2, -0.15) is 5.10 Å². The number of hydrogen-bond donors (Lipinski definition) is 1. The van der Waals surface area contributed by atoms with Crippen LogP contribution in [-0.2, 0) is 6.54 Å². The molecule has 4 nitrogen and oxygen atoms in total. The molecule has 0 unspecified atom stereocenters. The minimum atomic E-state index is -0.317. The maximum absolute atomic E-state index is 11.9. The second-order valence-corrected chi connectivity index (χ2v) is 4.73. The fourth-order valence-corrected chi connectivity index (χ4v) is 1.91. The van der Waals surface area contributed by atoms with Gasteiger partial charge < -0.3 is 5.32 Å². The van der Waals surface area contributed by atoms with Gasteiger partial charge in [0.15, 0.2) is 0 Å². The Labute approximate surface area is 115 Å². The molecule has 1 aromatic rings. The highest BCUT2D eigenvalue weighted by atomic mass is 35.5. The number of rotatable bonds is 6. The molecule has 94 valence electrons. The second kappa shape index (κ2) is 7.71. The number of aromatic nitrogens is 2. The molecule has 0 fully saturated rings. The summed E-state index contributed by atoms with van der Waals surface area (Å²) in [7, 11) is 0. The summed E-state index contributed by atoms with van der Waals surface area (Å²) in [6.07, 6.45) is 11.7. The SMILES string of the molecule is C#CCSCCNc1c(Cl)cnn(CC#C)c1=O. The number of thioether (sulfide) groups is 1. The molecule has 0 bridgehead atoms. The number of nitrogens with zero attached hydrogens (tertiary/aromatic N) is 2. The van der Waals surface area contributed by atoms with Crippen molar-refractivity contribution < 1.29 is 0 Å². The second-order valence-electron chi connectivity index (χ2n) is 3.22. The van der Waals surface area contributed by atoms with E-state index in [4.69, 9.17) is 24.4 Å². The molecule has 0 amide bonds. The molecule has 0 saturated heterocycles. The third kappa shape index (κ3) is 4.03. The Bertz CT molecular complexity index is 542. The minimum Gasteiger partial charge on any atom is -0.378 e. The Morgan fingerprint density at radius 1 is 1.50 bits per heavy atom. The Morgan fingerprint density at radius 3 is 2.94 bits per heavy atom. The van der Waals surface area contributed by atoms with Gasteiger partial charge in [0.05, 0.1) is 17.0 Å². The van der Waals surface area contributed by atoms with E-state index in [1.807, 2.05) is 0 Å². The monoisotopic (exact) mass is 281 g/mol. The molecular formula is C12H12ClN3OS. The molecule has 0 aliphatic carbocycles. The van der Waals surface area contributed by atoms with Gasteiger partial charge in [-0.25, -0.2) is 4.68 Å². The van der Waals surface area contributed by atoms with Gasteiger partial charge in [-0.15, -0.1) is 24.6 Å². The summed E-state index contributed by atoms with van der Waals surface area (Å²) in [4.78, 5) is 11.9. The van der Waals surface area contributed by atoms with Crippen molar-refractivity contribution in [3.63, 3.8) is 0 Å². The van der Waals surface area contributed by atoms with Gasteiger partial charge in [0.2, 0.25) is 0 Å². The van der Waals surface area contributed by atoms with Gasteiger partial charge in [-0.05, 0) is 0 Å². The van der Waals surface area contributed by atoms with Crippen LogP contribution in [0.3, 0.4) is 0 Å². The Balaban J connectivity index is 2.70. The van der Waals surface area contributed by atoms with Gasteiger partial charge in [0.1, 0.15) is 12.2 Å². The highest BCUT2D eigenvalue weighted by Crippen LogP contribution is 2.14. The van der Waals surface area contributed by atoms with Gasteiger partial charge in [-0.1, -0.05) is 23.4 Å². The van der Waals surface area contributed by atoms with E-state index in [9.17, 15) is 4.79 Å². The molecule has 1 N–H and O–H groups in total. The van der Waals surface area contributed by atoms with Crippen molar-refractivity contribution in [2.75, 3.05) is 23.4 Å². The van der Waals surface area contributed by atoms with E-state index in [0.29, 0.717) is 18.0 Å². The lowest BCUT2D eigenvalue weighted by Crippen LogP contribution is -2.26. The normalized spacial score (nSPS) is 9.50. The fourth-order valence-electron chi connectivity index (χ4n) is 1.21. The maximum Gasteiger partial charge on any atom is 0.292 e. The fraction of sp³-hybridized carbons (Fsp3) is 0.333. The summed E-state index contributed by atoms with van der Waals surface area (Å²) < 4.78 is 1.18. The molecule has 0 aliphatic heterocycles. The predicted octanol–water partition coefficient (Wildman–Crippen LogP) is 1.31. The van der Waals surface area contributed by atoms with E-state index in [0.717, 1.165) is 5.75 Å². The van der Waals surface area contributed by atoms with Crippen molar-refractivity contribution in [3.8, 4) is 24.7 Å². The number of terminal acetylenes is 2. The van der Waals surface area contributed by atoms with Crippen molar-refractivity contribution in [1.82, 2.24) is 9.78 Å². The molecule has 1 rings (SSSR count). The number of anilines is 1. The highest BCUT2D eigenvalue weighted by Gasteiger charge is 2.08. The van der Waals surface area contributed by atoms with Crippen LogP contribution in [0.5, 0.6) is 0 Å². The summed E-state index contributed by atoms with van der Waals surface area (Å²) >= 11 is 7.51. The summed E-state index contributed by atoms with van der Waals surface area (Å²) in [5, 5.41) is 7.11. The zero-order chi connectivity index (χ0) is 13.4. The van der Waals surface area contributed by atoms with E-state index in [2.05, 4.69) is 22.3 Å². The standard InChI is InChI=1S/C12H12ClN3OS/c1-3-6-16-12(17)11(10(13)9-15-16)14-5-8-18-7-4-2/h1-2,9,14H,5-8H2. The Hall–Kier alpha value is -1.56. The average Bonchev–Trinajstić information content (AvgIpc) is 2.36. The Kier molecular flexibility index (Phi) is 6.21. The molecule has 18 heavy (non-hydrogen) atoms. The van der Waals surface area contributed by atoms with Crippen LogP contribution in [0.2, 0.25) is 5.02 Å². The molecular weight excluding hydrogens is 270 g/mol. The van der Waals surface area contributed by atoms with E-state index >= 15 is 0 Å². The van der Waals surface area contributed by atoms with E-state index in [1.165, 1.54) is 10.9 Å². The lowest BCUT2D eigenvalue weighted by atomic mass is 10.4. The van der Waals surface area contributed by atoms with Gasteiger partial charge in [0.25, 0.3) is 5.56 Å². The number of halogens is 1. The Morgan fingerprint density at radius 2 is 2.28 bits per heavy atom. The third-order valence-electron chi connectivity index (χ3n) is 1.97. The maximum atomic E-state index is 11.9. The van der Waals surface area contributed by atoms with Crippen molar-refractivity contribution in [2.24, 2.45) is 0 Å². The first-order valence-corrected chi connectivity index (χ1v) is 6.68.